The summed E-state index contributed by atoms with van der Waals surface area (Å²) >= 11 is 8.46. The van der Waals surface area contributed by atoms with Crippen molar-refractivity contribution >= 4 is 64.2 Å². The van der Waals surface area contributed by atoms with Crippen LogP contribution in [0.3, 0.4) is 0 Å². The molecule has 0 unspecified atom stereocenters. The lowest BCUT2D eigenvalue weighted by Crippen LogP contribution is -2.25. The zero-order chi connectivity index (χ0) is 21.3. The molecule has 7 nitrogen and oxygen atoms in total. The van der Waals surface area contributed by atoms with Crippen molar-refractivity contribution in [2.45, 2.75) is 19.5 Å². The van der Waals surface area contributed by atoms with E-state index in [0.717, 1.165) is 30.1 Å². The van der Waals surface area contributed by atoms with Crippen LogP contribution in [0.25, 0.3) is 0 Å². The van der Waals surface area contributed by atoms with E-state index in [1.54, 1.807) is 18.2 Å². The van der Waals surface area contributed by atoms with Crippen LogP contribution in [-0.4, -0.2) is 40.4 Å². The monoisotopic (exact) mass is 498 g/mol. The minimum absolute atomic E-state index is 0. The number of phenolic OH excluding ortho intramolecular Hbond substituents is 1. The number of rotatable bonds is 5. The molecule has 31 heavy (non-hydrogen) atoms. The quantitative estimate of drug-likeness (QED) is 0.459. The van der Waals surface area contributed by atoms with Crippen molar-refractivity contribution in [3.8, 4) is 5.75 Å². The number of phenols is 1. The van der Waals surface area contributed by atoms with E-state index >= 15 is 0 Å². The van der Waals surface area contributed by atoms with Crippen LogP contribution in [0.1, 0.15) is 35.6 Å². The highest BCUT2D eigenvalue weighted by Crippen LogP contribution is 2.27. The second-order valence-corrected chi connectivity index (χ2v) is 9.76. The van der Waals surface area contributed by atoms with Gasteiger partial charge in [-0.05, 0) is 42.9 Å². The SMILES string of the molecule is CN1CCc2nc(C(=O)Nc3ccc(O)cc3CNC(=O)c3ccc(Cl)s3)sc2C1.Cl. The number of aromatic nitrogens is 1. The van der Waals surface area contributed by atoms with Gasteiger partial charge in [0.05, 0.1) is 14.9 Å². The standard InChI is InChI=1S/C20H19ClN4O3S2.ClH/c1-25-7-6-14-16(10-25)30-20(24-14)19(28)23-13-3-2-12(26)8-11(13)9-22-18(27)15-4-5-17(21)29-15;/h2-5,8,26H,6-7,9-10H2,1H3,(H,22,27)(H,23,28);1H. The van der Waals surface area contributed by atoms with E-state index in [1.165, 1.54) is 34.8 Å². The molecule has 0 radical (unpaired) electrons. The third-order valence-electron chi connectivity index (χ3n) is 4.69. The maximum absolute atomic E-state index is 12.8. The number of hydrogen-bond donors (Lipinski definition) is 3. The number of fused-ring (bicyclic) bond motifs is 1. The van der Waals surface area contributed by atoms with Gasteiger partial charge in [0, 0.05) is 36.6 Å². The lowest BCUT2D eigenvalue weighted by Gasteiger charge is -2.20. The van der Waals surface area contributed by atoms with Crippen LogP contribution in [0.2, 0.25) is 4.34 Å². The van der Waals surface area contributed by atoms with Crippen LogP contribution in [-0.2, 0) is 19.5 Å². The summed E-state index contributed by atoms with van der Waals surface area (Å²) in [7, 11) is 2.05. The Morgan fingerprint density at radius 1 is 1.23 bits per heavy atom. The molecule has 3 aromatic rings. The van der Waals surface area contributed by atoms with E-state index in [4.69, 9.17) is 11.6 Å². The fraction of sp³-hybridized carbons (Fsp3) is 0.250. The van der Waals surface area contributed by atoms with Gasteiger partial charge in [-0.3, -0.25) is 9.59 Å². The number of halogens is 2. The number of anilines is 1. The summed E-state index contributed by atoms with van der Waals surface area (Å²) in [4.78, 5) is 33.4. The zero-order valence-corrected chi connectivity index (χ0v) is 19.7. The summed E-state index contributed by atoms with van der Waals surface area (Å²) in [6.07, 6.45) is 0.832. The third kappa shape index (κ3) is 5.55. The molecule has 0 bridgehead atoms. The van der Waals surface area contributed by atoms with Gasteiger partial charge in [0.2, 0.25) is 0 Å². The van der Waals surface area contributed by atoms with E-state index in [1.807, 2.05) is 7.05 Å². The maximum Gasteiger partial charge on any atom is 0.284 e. The molecule has 0 fully saturated rings. The molecule has 1 aliphatic heterocycles. The number of carbonyl (C=O) groups excluding carboxylic acids is 2. The molecule has 3 heterocycles. The minimum Gasteiger partial charge on any atom is -0.508 e. The molecule has 0 aliphatic carbocycles. The average molecular weight is 499 g/mol. The highest BCUT2D eigenvalue weighted by Gasteiger charge is 2.22. The summed E-state index contributed by atoms with van der Waals surface area (Å²) in [5, 5.41) is 15.9. The van der Waals surface area contributed by atoms with E-state index in [2.05, 4.69) is 20.5 Å². The van der Waals surface area contributed by atoms with Gasteiger partial charge < -0.3 is 20.6 Å². The Morgan fingerprint density at radius 3 is 2.77 bits per heavy atom. The van der Waals surface area contributed by atoms with Gasteiger partial charge in [-0.2, -0.15) is 0 Å². The third-order valence-corrected chi connectivity index (χ3v) is 7.00. The van der Waals surface area contributed by atoms with Gasteiger partial charge in [0.25, 0.3) is 11.8 Å². The van der Waals surface area contributed by atoms with Crippen LogP contribution in [0.5, 0.6) is 5.75 Å². The average Bonchev–Trinajstić information content (AvgIpc) is 3.33. The van der Waals surface area contributed by atoms with Crippen LogP contribution in [0.4, 0.5) is 5.69 Å². The van der Waals surface area contributed by atoms with Gasteiger partial charge in [-0.15, -0.1) is 35.1 Å². The van der Waals surface area contributed by atoms with E-state index in [0.29, 0.717) is 25.5 Å². The minimum atomic E-state index is -0.305. The number of amides is 2. The van der Waals surface area contributed by atoms with Gasteiger partial charge in [0.1, 0.15) is 5.75 Å². The molecule has 4 rings (SSSR count). The molecule has 3 N–H and O–H groups in total. The smallest absolute Gasteiger partial charge is 0.284 e. The molecule has 164 valence electrons. The molecule has 11 heteroatoms. The van der Waals surface area contributed by atoms with Crippen molar-refractivity contribution in [3.63, 3.8) is 0 Å². The molecule has 0 atom stereocenters. The lowest BCUT2D eigenvalue weighted by atomic mass is 10.1. The lowest BCUT2D eigenvalue weighted by molar-refractivity contribution is 0.0954. The number of likely N-dealkylation sites (N-methyl/N-ethyl adjacent to an activating group) is 1. The van der Waals surface area contributed by atoms with Crippen LogP contribution >= 0.6 is 46.7 Å². The van der Waals surface area contributed by atoms with Crippen LogP contribution in [0, 0.1) is 0 Å². The first-order chi connectivity index (χ1) is 14.4. The molecule has 1 aliphatic rings. The van der Waals surface area contributed by atoms with Gasteiger partial charge >= 0.3 is 0 Å². The number of aromatic hydroxyl groups is 1. The number of nitrogens with one attached hydrogen (secondary N) is 2. The second-order valence-electron chi connectivity index (χ2n) is 6.96. The molecule has 0 saturated heterocycles. The Labute approximate surface area is 198 Å². The number of hydrogen-bond acceptors (Lipinski definition) is 7. The molecule has 0 saturated carbocycles. The Kier molecular flexibility index (Phi) is 7.55. The number of carbonyl (C=O) groups is 2. The highest BCUT2D eigenvalue weighted by atomic mass is 35.5. The van der Waals surface area contributed by atoms with Gasteiger partial charge in [-0.1, -0.05) is 11.6 Å². The molecular weight excluding hydrogens is 479 g/mol. The number of benzene rings is 1. The van der Waals surface area contributed by atoms with Crippen molar-refractivity contribution < 1.29 is 14.7 Å². The van der Waals surface area contributed by atoms with E-state index in [-0.39, 0.29) is 36.5 Å². The summed E-state index contributed by atoms with van der Waals surface area (Å²) in [6.45, 7) is 1.86. The highest BCUT2D eigenvalue weighted by molar-refractivity contribution is 7.18. The summed E-state index contributed by atoms with van der Waals surface area (Å²) < 4.78 is 0.530. The topological polar surface area (TPSA) is 94.6 Å². The molecule has 2 amide bonds. The molecule has 1 aromatic carbocycles. The van der Waals surface area contributed by atoms with Gasteiger partial charge in [-0.25, -0.2) is 4.98 Å². The number of thiazole rings is 1. The largest absolute Gasteiger partial charge is 0.508 e. The number of nitrogens with zero attached hydrogens (tertiary/aromatic N) is 2. The van der Waals surface area contributed by atoms with Gasteiger partial charge in [0.15, 0.2) is 5.01 Å². The molecule has 2 aromatic heterocycles. The van der Waals surface area contributed by atoms with Crippen LogP contribution < -0.4 is 10.6 Å². The van der Waals surface area contributed by atoms with Crippen molar-refractivity contribution in [2.75, 3.05) is 18.9 Å². The summed E-state index contributed by atoms with van der Waals surface area (Å²) in [5.41, 5.74) is 2.07. The normalized spacial score (nSPS) is 13.2. The maximum atomic E-state index is 12.8. The predicted octanol–water partition coefficient (Wildman–Crippen LogP) is 4.16. The van der Waals surface area contributed by atoms with E-state index in [9.17, 15) is 14.7 Å². The molecular formula is C20H20Cl2N4O3S2. The Morgan fingerprint density at radius 2 is 2.03 bits per heavy atom. The zero-order valence-electron chi connectivity index (χ0n) is 16.5. The first-order valence-corrected chi connectivity index (χ1v) is 11.2. The fourth-order valence-corrected chi connectivity index (χ4v) is 5.19. The van der Waals surface area contributed by atoms with Crippen LogP contribution in [0.15, 0.2) is 30.3 Å². The summed E-state index contributed by atoms with van der Waals surface area (Å²) in [5.74, 6) is -0.534. The fourth-order valence-electron chi connectivity index (χ4n) is 3.14. The number of thiophene rings is 1. The van der Waals surface area contributed by atoms with Crippen molar-refractivity contribution in [3.05, 3.63) is 60.7 Å². The Bertz CT molecular complexity index is 1120. The van der Waals surface area contributed by atoms with Crippen molar-refractivity contribution in [1.82, 2.24) is 15.2 Å². The van der Waals surface area contributed by atoms with Crippen molar-refractivity contribution in [2.24, 2.45) is 0 Å². The second kappa shape index (κ2) is 9.97. The first kappa shape index (κ1) is 23.5. The Balaban J connectivity index is 0.00000272. The summed E-state index contributed by atoms with van der Waals surface area (Å²) in [6, 6.07) is 7.92. The predicted molar refractivity (Wildman–Crippen MR) is 126 cm³/mol. The van der Waals surface area contributed by atoms with E-state index < -0.39 is 0 Å². The molecule has 0 spiro atoms. The Hall–Kier alpha value is -2.17. The van der Waals surface area contributed by atoms with Crippen molar-refractivity contribution in [1.29, 1.82) is 0 Å². The first-order valence-electron chi connectivity index (χ1n) is 9.23.